The summed E-state index contributed by atoms with van der Waals surface area (Å²) in [6.07, 6.45) is 7.47. The quantitative estimate of drug-likeness (QED) is 0.609. The summed E-state index contributed by atoms with van der Waals surface area (Å²) in [5.74, 6) is 2.83. The highest BCUT2D eigenvalue weighted by molar-refractivity contribution is 5.79. The van der Waals surface area contributed by atoms with Gasteiger partial charge in [-0.05, 0) is 55.3 Å². The third-order valence-corrected chi connectivity index (χ3v) is 6.10. The summed E-state index contributed by atoms with van der Waals surface area (Å²) in [6.45, 7) is 5.63. The van der Waals surface area contributed by atoms with Crippen LogP contribution in [0.25, 0.3) is 0 Å². The first-order valence-electron chi connectivity index (χ1n) is 7.94. The minimum atomic E-state index is 0.120. The number of fused-ring (bicyclic) bond motifs is 1. The molecule has 3 unspecified atom stereocenters. The van der Waals surface area contributed by atoms with Crippen LogP contribution in [0, 0.1) is 40.5 Å². The molecule has 110 valence electrons. The zero-order chi connectivity index (χ0) is 14.3. The lowest BCUT2D eigenvalue weighted by molar-refractivity contribution is -0.128. The third-order valence-electron chi connectivity index (χ3n) is 6.10. The molecule has 3 aliphatic carbocycles. The average molecular weight is 275 g/mol. The lowest BCUT2D eigenvalue weighted by atomic mass is 9.79. The first kappa shape index (κ1) is 13.7. The van der Waals surface area contributed by atoms with Crippen LogP contribution in [0.1, 0.15) is 46.0 Å². The van der Waals surface area contributed by atoms with Crippen molar-refractivity contribution in [2.24, 2.45) is 29.1 Å². The Morgan fingerprint density at radius 1 is 1.25 bits per heavy atom. The van der Waals surface area contributed by atoms with Gasteiger partial charge in [-0.1, -0.05) is 13.8 Å². The molecule has 0 spiro atoms. The number of carbonyl (C=O) groups is 1. The maximum atomic E-state index is 12.0. The van der Waals surface area contributed by atoms with E-state index in [0.29, 0.717) is 11.3 Å². The van der Waals surface area contributed by atoms with E-state index in [1.54, 1.807) is 0 Å². The molecule has 0 aromatic carbocycles. The lowest BCUT2D eigenvalue weighted by Gasteiger charge is -2.33. The van der Waals surface area contributed by atoms with E-state index in [-0.39, 0.29) is 17.9 Å². The van der Waals surface area contributed by atoms with Crippen LogP contribution in [0.15, 0.2) is 0 Å². The Kier molecular flexibility index (Phi) is 3.40. The van der Waals surface area contributed by atoms with Crippen LogP contribution in [0.4, 0.5) is 0 Å². The van der Waals surface area contributed by atoms with Crippen molar-refractivity contribution in [2.45, 2.75) is 52.0 Å². The molecule has 3 aliphatic rings. The summed E-state index contributed by atoms with van der Waals surface area (Å²) in [6, 6.07) is 0.221. The second kappa shape index (κ2) is 4.95. The predicted octanol–water partition coefficient (Wildman–Crippen LogP) is 2.02. The van der Waals surface area contributed by atoms with Gasteiger partial charge in [-0.15, -0.1) is 0 Å². The fourth-order valence-electron chi connectivity index (χ4n) is 4.41. The summed E-state index contributed by atoms with van der Waals surface area (Å²) in [4.78, 5) is 12.0. The number of hydrogen-bond acceptors (Lipinski definition) is 3. The molecule has 3 fully saturated rings. The summed E-state index contributed by atoms with van der Waals surface area (Å²) >= 11 is 0. The van der Waals surface area contributed by atoms with Crippen LogP contribution in [0.2, 0.25) is 0 Å². The Labute approximate surface area is 121 Å². The smallest absolute Gasteiger partial charge is 0.223 e. The van der Waals surface area contributed by atoms with Crippen molar-refractivity contribution in [3.8, 4) is 6.19 Å². The molecule has 0 aliphatic heterocycles. The molecule has 3 rings (SSSR count). The Balaban J connectivity index is 1.36. The van der Waals surface area contributed by atoms with Gasteiger partial charge in [-0.25, -0.2) is 0 Å². The van der Waals surface area contributed by atoms with E-state index in [4.69, 9.17) is 5.26 Å². The van der Waals surface area contributed by atoms with Crippen molar-refractivity contribution in [2.75, 3.05) is 6.54 Å². The van der Waals surface area contributed by atoms with Gasteiger partial charge >= 0.3 is 0 Å². The molecule has 0 aromatic rings. The van der Waals surface area contributed by atoms with Crippen molar-refractivity contribution >= 4 is 5.91 Å². The van der Waals surface area contributed by atoms with Gasteiger partial charge < -0.3 is 10.6 Å². The summed E-state index contributed by atoms with van der Waals surface area (Å²) in [5.41, 5.74) is 0.558. The molecule has 0 bridgehead atoms. The highest BCUT2D eigenvalue weighted by Gasteiger charge is 2.58. The molecule has 0 heterocycles. The molecule has 1 amide bonds. The summed E-state index contributed by atoms with van der Waals surface area (Å²) < 4.78 is 0. The normalized spacial score (nSPS) is 40.8. The second-order valence-corrected chi connectivity index (χ2v) is 7.58. The van der Waals surface area contributed by atoms with E-state index >= 15 is 0 Å². The Hall–Kier alpha value is -1.24. The van der Waals surface area contributed by atoms with Crippen LogP contribution in [0.3, 0.4) is 0 Å². The molecule has 3 atom stereocenters. The minimum absolute atomic E-state index is 0.120. The van der Waals surface area contributed by atoms with Crippen LogP contribution in [-0.4, -0.2) is 18.5 Å². The zero-order valence-electron chi connectivity index (χ0n) is 12.5. The van der Waals surface area contributed by atoms with Crippen molar-refractivity contribution in [1.82, 2.24) is 10.6 Å². The van der Waals surface area contributed by atoms with Crippen molar-refractivity contribution in [3.05, 3.63) is 0 Å². The van der Waals surface area contributed by atoms with Gasteiger partial charge in [0.15, 0.2) is 6.19 Å². The SMILES string of the molecule is CC1(C)C2CCC(CNC(=O)[C@H]3C[C@H](NC#N)C3)CC21. The van der Waals surface area contributed by atoms with E-state index in [1.165, 1.54) is 19.3 Å². The van der Waals surface area contributed by atoms with Crippen LogP contribution in [0.5, 0.6) is 0 Å². The maximum Gasteiger partial charge on any atom is 0.223 e. The highest BCUT2D eigenvalue weighted by atomic mass is 16.1. The average Bonchev–Trinajstić information content (AvgIpc) is 2.92. The first-order valence-corrected chi connectivity index (χ1v) is 7.94. The Morgan fingerprint density at radius 3 is 2.65 bits per heavy atom. The highest BCUT2D eigenvalue weighted by Crippen LogP contribution is 2.65. The molecule has 0 saturated heterocycles. The van der Waals surface area contributed by atoms with E-state index in [0.717, 1.165) is 31.2 Å². The lowest BCUT2D eigenvalue weighted by Crippen LogP contribution is -2.47. The predicted molar refractivity (Wildman–Crippen MR) is 76.4 cm³/mol. The van der Waals surface area contributed by atoms with Gasteiger partial charge in [0, 0.05) is 18.5 Å². The fourth-order valence-corrected chi connectivity index (χ4v) is 4.41. The second-order valence-electron chi connectivity index (χ2n) is 7.58. The largest absolute Gasteiger partial charge is 0.356 e. The fraction of sp³-hybridized carbons (Fsp3) is 0.875. The van der Waals surface area contributed by atoms with Gasteiger partial charge in [-0.3, -0.25) is 4.79 Å². The Morgan fingerprint density at radius 2 is 2.00 bits per heavy atom. The first-order chi connectivity index (χ1) is 9.52. The zero-order valence-corrected chi connectivity index (χ0v) is 12.5. The molecule has 3 saturated carbocycles. The van der Waals surface area contributed by atoms with E-state index in [9.17, 15) is 4.79 Å². The van der Waals surface area contributed by atoms with E-state index < -0.39 is 0 Å². The Bertz CT molecular complexity index is 433. The van der Waals surface area contributed by atoms with Gasteiger partial charge in [0.25, 0.3) is 0 Å². The molecular formula is C16H25N3O. The molecule has 4 heteroatoms. The van der Waals surface area contributed by atoms with Crippen molar-refractivity contribution in [1.29, 1.82) is 5.26 Å². The molecular weight excluding hydrogens is 250 g/mol. The van der Waals surface area contributed by atoms with Crippen LogP contribution < -0.4 is 10.6 Å². The van der Waals surface area contributed by atoms with Crippen LogP contribution >= 0.6 is 0 Å². The summed E-state index contributed by atoms with van der Waals surface area (Å²) in [5, 5.41) is 14.4. The van der Waals surface area contributed by atoms with E-state index in [1.807, 2.05) is 6.19 Å². The van der Waals surface area contributed by atoms with Gasteiger partial charge in [0.2, 0.25) is 5.91 Å². The number of amides is 1. The minimum Gasteiger partial charge on any atom is -0.356 e. The molecule has 0 radical (unpaired) electrons. The molecule has 0 aromatic heterocycles. The number of rotatable bonds is 4. The van der Waals surface area contributed by atoms with Gasteiger partial charge in [0.1, 0.15) is 0 Å². The molecule has 20 heavy (non-hydrogen) atoms. The topological polar surface area (TPSA) is 64.9 Å². The maximum absolute atomic E-state index is 12.0. The van der Waals surface area contributed by atoms with Gasteiger partial charge in [0.05, 0.1) is 0 Å². The van der Waals surface area contributed by atoms with Crippen molar-refractivity contribution < 1.29 is 4.79 Å². The number of nitrogens with one attached hydrogen (secondary N) is 2. The third kappa shape index (κ3) is 2.39. The van der Waals surface area contributed by atoms with Gasteiger partial charge in [-0.2, -0.15) is 5.26 Å². The summed E-state index contributed by atoms with van der Waals surface area (Å²) in [7, 11) is 0. The number of nitrogens with zero attached hydrogens (tertiary/aromatic N) is 1. The number of hydrogen-bond donors (Lipinski definition) is 2. The molecule has 4 nitrogen and oxygen atoms in total. The van der Waals surface area contributed by atoms with E-state index in [2.05, 4.69) is 24.5 Å². The van der Waals surface area contributed by atoms with Crippen molar-refractivity contribution in [3.63, 3.8) is 0 Å². The monoisotopic (exact) mass is 275 g/mol. The number of carbonyl (C=O) groups excluding carboxylic acids is 1. The standard InChI is InChI=1S/C16H25N3O/c1-16(2)13-4-3-10(5-14(13)16)8-18-15(20)11-6-12(7-11)19-9-17/h10-14,19H,3-8H2,1-2H3,(H,18,20)/t10?,11-,12-,13?,14?. The number of nitriles is 1. The molecule has 2 N–H and O–H groups in total. The van der Waals surface area contributed by atoms with Crippen LogP contribution in [-0.2, 0) is 4.79 Å².